The summed E-state index contributed by atoms with van der Waals surface area (Å²) in [5.74, 6) is 0.141. The number of carbonyl (C=O) groups excluding carboxylic acids is 2. The Morgan fingerprint density at radius 2 is 1.81 bits per heavy atom. The molecule has 0 radical (unpaired) electrons. The fourth-order valence-corrected chi connectivity index (χ4v) is 1.63. The molecule has 0 fully saturated rings. The van der Waals surface area contributed by atoms with Crippen molar-refractivity contribution in [3.63, 3.8) is 0 Å². The van der Waals surface area contributed by atoms with Gasteiger partial charge in [0.2, 0.25) is 0 Å². The Kier molecular flexibility index (Phi) is 6.77. The van der Waals surface area contributed by atoms with Gasteiger partial charge < -0.3 is 10.1 Å². The predicted octanol–water partition coefficient (Wildman–Crippen LogP) is 2.37. The topological polar surface area (TPSA) is 55.4 Å². The standard InChI is InChI=1S/C12H23NO3/c1-6-7-9(4)11(14)10(8(2)3)13-12(15)16-5/h8-10H,6-7H2,1-5H3,(H,13,15). The van der Waals surface area contributed by atoms with Crippen molar-refractivity contribution in [3.8, 4) is 0 Å². The second-order valence-corrected chi connectivity index (χ2v) is 4.45. The fraction of sp³-hybridized carbons (Fsp3) is 0.833. The van der Waals surface area contributed by atoms with Crippen LogP contribution in [-0.4, -0.2) is 25.0 Å². The molecule has 0 rings (SSSR count). The van der Waals surface area contributed by atoms with Crippen molar-refractivity contribution in [1.82, 2.24) is 5.32 Å². The van der Waals surface area contributed by atoms with Crippen LogP contribution < -0.4 is 5.32 Å². The number of carbonyl (C=O) groups is 2. The molecule has 1 amide bonds. The van der Waals surface area contributed by atoms with Gasteiger partial charge in [-0.3, -0.25) is 4.79 Å². The normalized spacial score (nSPS) is 14.4. The summed E-state index contributed by atoms with van der Waals surface area (Å²) in [5, 5.41) is 2.59. The summed E-state index contributed by atoms with van der Waals surface area (Å²) in [7, 11) is 1.30. The molecule has 0 aromatic rings. The molecule has 0 heterocycles. The maximum absolute atomic E-state index is 12.1. The van der Waals surface area contributed by atoms with Crippen LogP contribution in [0, 0.1) is 11.8 Å². The number of nitrogens with one attached hydrogen (secondary N) is 1. The molecule has 0 saturated heterocycles. The fourth-order valence-electron chi connectivity index (χ4n) is 1.63. The Bertz CT molecular complexity index is 238. The van der Waals surface area contributed by atoms with E-state index in [1.54, 1.807) is 0 Å². The first-order valence-corrected chi connectivity index (χ1v) is 5.82. The summed E-state index contributed by atoms with van der Waals surface area (Å²) in [4.78, 5) is 23.2. The highest BCUT2D eigenvalue weighted by atomic mass is 16.5. The van der Waals surface area contributed by atoms with Gasteiger partial charge in [0.15, 0.2) is 5.78 Å². The van der Waals surface area contributed by atoms with Gasteiger partial charge in [-0.2, -0.15) is 0 Å². The van der Waals surface area contributed by atoms with Crippen LogP contribution in [0.1, 0.15) is 40.5 Å². The molecule has 0 saturated carbocycles. The zero-order chi connectivity index (χ0) is 12.7. The molecule has 16 heavy (non-hydrogen) atoms. The Balaban J connectivity index is 4.52. The minimum atomic E-state index is -0.546. The zero-order valence-electron chi connectivity index (χ0n) is 10.9. The van der Waals surface area contributed by atoms with Gasteiger partial charge in [0.1, 0.15) is 0 Å². The molecule has 0 aliphatic carbocycles. The number of alkyl carbamates (subject to hydrolysis) is 1. The van der Waals surface area contributed by atoms with Gasteiger partial charge in [-0.05, 0) is 12.3 Å². The van der Waals surface area contributed by atoms with E-state index in [0.717, 1.165) is 12.8 Å². The third-order valence-electron chi connectivity index (χ3n) is 2.64. The number of hydrogen-bond donors (Lipinski definition) is 1. The number of Topliss-reactive ketones (excluding diaryl/α,β-unsaturated/α-hetero) is 1. The lowest BCUT2D eigenvalue weighted by Crippen LogP contribution is -2.46. The lowest BCUT2D eigenvalue weighted by Gasteiger charge is -2.23. The summed E-state index contributed by atoms with van der Waals surface area (Å²) in [6.07, 6.45) is 1.27. The van der Waals surface area contributed by atoms with E-state index in [2.05, 4.69) is 10.1 Å². The van der Waals surface area contributed by atoms with E-state index in [1.807, 2.05) is 27.7 Å². The van der Waals surface area contributed by atoms with Crippen molar-refractivity contribution < 1.29 is 14.3 Å². The van der Waals surface area contributed by atoms with Crippen molar-refractivity contribution in [1.29, 1.82) is 0 Å². The maximum Gasteiger partial charge on any atom is 0.407 e. The van der Waals surface area contributed by atoms with Crippen LogP contribution in [-0.2, 0) is 9.53 Å². The first kappa shape index (κ1) is 14.9. The van der Waals surface area contributed by atoms with Gasteiger partial charge in [0.25, 0.3) is 0 Å². The molecule has 2 atom stereocenters. The van der Waals surface area contributed by atoms with Gasteiger partial charge in [0.05, 0.1) is 13.2 Å². The predicted molar refractivity (Wildman–Crippen MR) is 63.2 cm³/mol. The molecule has 0 aromatic carbocycles. The largest absolute Gasteiger partial charge is 0.453 e. The summed E-state index contributed by atoms with van der Waals surface area (Å²) in [6.45, 7) is 7.77. The van der Waals surface area contributed by atoms with Crippen LogP contribution >= 0.6 is 0 Å². The lowest BCUT2D eigenvalue weighted by molar-refractivity contribution is -0.125. The van der Waals surface area contributed by atoms with Gasteiger partial charge in [-0.25, -0.2) is 4.79 Å². The number of rotatable bonds is 6. The Hall–Kier alpha value is -1.06. The molecule has 0 spiro atoms. The van der Waals surface area contributed by atoms with Gasteiger partial charge in [-0.15, -0.1) is 0 Å². The third-order valence-corrected chi connectivity index (χ3v) is 2.64. The van der Waals surface area contributed by atoms with Crippen LogP contribution in [0.25, 0.3) is 0 Å². The molecule has 0 aliphatic heterocycles. The van der Waals surface area contributed by atoms with Crippen LogP contribution in [0.4, 0.5) is 4.79 Å². The summed E-state index contributed by atoms with van der Waals surface area (Å²) in [6, 6.07) is -0.450. The van der Waals surface area contributed by atoms with Crippen LogP contribution in [0.3, 0.4) is 0 Å². The van der Waals surface area contributed by atoms with E-state index in [-0.39, 0.29) is 17.6 Å². The molecule has 0 aliphatic rings. The molecule has 4 heteroatoms. The number of methoxy groups -OCH3 is 1. The summed E-state index contributed by atoms with van der Waals surface area (Å²) in [5.41, 5.74) is 0. The van der Waals surface area contributed by atoms with Crippen molar-refractivity contribution in [2.24, 2.45) is 11.8 Å². The number of amides is 1. The SMILES string of the molecule is CCCC(C)C(=O)C(NC(=O)OC)C(C)C. The maximum atomic E-state index is 12.1. The second-order valence-electron chi connectivity index (χ2n) is 4.45. The van der Waals surface area contributed by atoms with E-state index >= 15 is 0 Å². The Morgan fingerprint density at radius 3 is 2.19 bits per heavy atom. The molecule has 0 aromatic heterocycles. The molecule has 2 unspecified atom stereocenters. The quantitative estimate of drug-likeness (QED) is 0.760. The average Bonchev–Trinajstić information content (AvgIpc) is 2.24. The summed E-state index contributed by atoms with van der Waals surface area (Å²) < 4.78 is 4.52. The highest BCUT2D eigenvalue weighted by Gasteiger charge is 2.27. The second kappa shape index (κ2) is 7.25. The van der Waals surface area contributed by atoms with Crippen molar-refractivity contribution in [2.75, 3.05) is 7.11 Å². The molecule has 4 nitrogen and oxygen atoms in total. The first-order valence-electron chi connectivity index (χ1n) is 5.82. The van der Waals surface area contributed by atoms with Crippen molar-refractivity contribution >= 4 is 11.9 Å². The number of hydrogen-bond acceptors (Lipinski definition) is 3. The van der Waals surface area contributed by atoms with Gasteiger partial charge in [0, 0.05) is 5.92 Å². The molecule has 0 bridgehead atoms. The number of ether oxygens (including phenoxy) is 1. The smallest absolute Gasteiger partial charge is 0.407 e. The van der Waals surface area contributed by atoms with Gasteiger partial charge in [-0.1, -0.05) is 34.1 Å². The minimum Gasteiger partial charge on any atom is -0.453 e. The zero-order valence-corrected chi connectivity index (χ0v) is 10.9. The summed E-state index contributed by atoms with van der Waals surface area (Å²) >= 11 is 0. The third kappa shape index (κ3) is 4.64. The average molecular weight is 229 g/mol. The lowest BCUT2D eigenvalue weighted by atomic mass is 9.90. The minimum absolute atomic E-state index is 0.0189. The van der Waals surface area contributed by atoms with Crippen LogP contribution in [0.15, 0.2) is 0 Å². The molecule has 1 N–H and O–H groups in total. The monoisotopic (exact) mass is 229 g/mol. The van der Waals surface area contributed by atoms with Crippen molar-refractivity contribution in [3.05, 3.63) is 0 Å². The van der Waals surface area contributed by atoms with Crippen molar-refractivity contribution in [2.45, 2.75) is 46.6 Å². The van der Waals surface area contributed by atoms with Gasteiger partial charge >= 0.3 is 6.09 Å². The number of ketones is 1. The highest BCUT2D eigenvalue weighted by molar-refractivity contribution is 5.89. The van der Waals surface area contributed by atoms with E-state index in [0.29, 0.717) is 0 Å². The Labute approximate surface area is 97.7 Å². The van der Waals surface area contributed by atoms with Crippen LogP contribution in [0.2, 0.25) is 0 Å². The van der Waals surface area contributed by atoms with Crippen LogP contribution in [0.5, 0.6) is 0 Å². The highest BCUT2D eigenvalue weighted by Crippen LogP contribution is 2.14. The molecular formula is C12H23NO3. The first-order chi connectivity index (χ1) is 7.43. The Morgan fingerprint density at radius 1 is 1.25 bits per heavy atom. The van der Waals surface area contributed by atoms with E-state index in [9.17, 15) is 9.59 Å². The van der Waals surface area contributed by atoms with E-state index in [4.69, 9.17) is 0 Å². The van der Waals surface area contributed by atoms with E-state index in [1.165, 1.54) is 7.11 Å². The molecular weight excluding hydrogens is 206 g/mol. The van der Waals surface area contributed by atoms with E-state index < -0.39 is 12.1 Å². The molecule has 94 valence electrons.